The molecule has 0 spiro atoms. The molecule has 2 heterocycles. The Morgan fingerprint density at radius 2 is 2.21 bits per heavy atom. The fraction of sp³-hybridized carbons (Fsp3) is 0.125. The minimum atomic E-state index is 0.377. The maximum atomic E-state index is 5.74. The average Bonchev–Trinajstić information content (AvgIpc) is 2.56. The number of nitrogen functional groups attached to an aromatic ring is 1. The lowest BCUT2D eigenvalue weighted by Gasteiger charge is -1.99. The number of rotatable bonds is 1. The van der Waals surface area contributed by atoms with Gasteiger partial charge in [0.2, 0.25) is 5.82 Å². The molecular formula is C8H8ClN5. The lowest BCUT2D eigenvalue weighted by Crippen LogP contribution is -1.96. The van der Waals surface area contributed by atoms with Crippen LogP contribution >= 0.6 is 11.6 Å². The molecule has 0 aliphatic carbocycles. The van der Waals surface area contributed by atoms with Gasteiger partial charge < -0.3 is 5.73 Å². The van der Waals surface area contributed by atoms with E-state index in [1.807, 2.05) is 0 Å². The van der Waals surface area contributed by atoms with Gasteiger partial charge in [0, 0.05) is 7.05 Å². The lowest BCUT2D eigenvalue weighted by molar-refractivity contribution is 0.767. The summed E-state index contributed by atoms with van der Waals surface area (Å²) in [5, 5.41) is 4.46. The summed E-state index contributed by atoms with van der Waals surface area (Å²) in [4.78, 5) is 8.10. The summed E-state index contributed by atoms with van der Waals surface area (Å²) in [6, 6.07) is 3.31. The van der Waals surface area contributed by atoms with Crippen molar-refractivity contribution >= 4 is 17.3 Å². The quantitative estimate of drug-likeness (QED) is 0.715. The Morgan fingerprint density at radius 3 is 2.86 bits per heavy atom. The van der Waals surface area contributed by atoms with Crippen molar-refractivity contribution in [2.75, 3.05) is 5.73 Å². The van der Waals surface area contributed by atoms with Gasteiger partial charge in [-0.2, -0.15) is 0 Å². The van der Waals surface area contributed by atoms with Crippen LogP contribution in [0.4, 0.5) is 5.69 Å². The highest BCUT2D eigenvalue weighted by Crippen LogP contribution is 2.21. The van der Waals surface area contributed by atoms with Crippen LogP contribution in [0.1, 0.15) is 0 Å². The summed E-state index contributed by atoms with van der Waals surface area (Å²) in [6.07, 6.45) is 1.58. The van der Waals surface area contributed by atoms with Gasteiger partial charge >= 0.3 is 0 Å². The van der Waals surface area contributed by atoms with Gasteiger partial charge in [-0.3, -0.25) is 4.68 Å². The first-order valence-corrected chi connectivity index (χ1v) is 4.32. The molecule has 0 radical (unpaired) electrons. The molecule has 72 valence electrons. The zero-order valence-electron chi connectivity index (χ0n) is 7.48. The fourth-order valence-corrected chi connectivity index (χ4v) is 1.22. The smallest absolute Gasteiger partial charge is 0.201 e. The van der Waals surface area contributed by atoms with Gasteiger partial charge in [0.1, 0.15) is 17.2 Å². The SMILES string of the molecule is Cn1cnc(-c2nc(Cl)ccc2N)n1. The second-order valence-electron chi connectivity index (χ2n) is 2.81. The highest BCUT2D eigenvalue weighted by atomic mass is 35.5. The Labute approximate surface area is 85.5 Å². The van der Waals surface area contributed by atoms with Gasteiger partial charge in [0.25, 0.3) is 0 Å². The van der Waals surface area contributed by atoms with Crippen LogP contribution in [0.25, 0.3) is 11.5 Å². The predicted octanol–water partition coefficient (Wildman–Crippen LogP) is 1.11. The largest absolute Gasteiger partial charge is 0.397 e. The summed E-state index contributed by atoms with van der Waals surface area (Å²) in [5.74, 6) is 0.479. The minimum Gasteiger partial charge on any atom is -0.397 e. The van der Waals surface area contributed by atoms with E-state index in [2.05, 4.69) is 15.1 Å². The monoisotopic (exact) mass is 209 g/mol. The standard InChI is InChI=1S/C8H8ClN5/c1-14-4-11-8(13-14)7-5(10)2-3-6(9)12-7/h2-4H,10H2,1H3. The van der Waals surface area contributed by atoms with Crippen LogP contribution in [-0.2, 0) is 7.05 Å². The van der Waals surface area contributed by atoms with E-state index < -0.39 is 0 Å². The van der Waals surface area contributed by atoms with Gasteiger partial charge in [-0.25, -0.2) is 9.97 Å². The van der Waals surface area contributed by atoms with Crippen LogP contribution in [0.2, 0.25) is 5.15 Å². The Kier molecular flexibility index (Phi) is 2.09. The van der Waals surface area contributed by atoms with E-state index >= 15 is 0 Å². The molecule has 14 heavy (non-hydrogen) atoms. The minimum absolute atomic E-state index is 0.377. The Bertz CT molecular complexity index is 465. The maximum absolute atomic E-state index is 5.74. The fourth-order valence-electron chi connectivity index (χ4n) is 1.07. The molecule has 0 atom stereocenters. The van der Waals surface area contributed by atoms with E-state index in [-0.39, 0.29) is 0 Å². The van der Waals surface area contributed by atoms with Gasteiger partial charge in [0.05, 0.1) is 5.69 Å². The number of aromatic nitrogens is 4. The number of pyridine rings is 1. The number of anilines is 1. The number of hydrogen-bond acceptors (Lipinski definition) is 4. The van der Waals surface area contributed by atoms with E-state index in [0.29, 0.717) is 22.4 Å². The first kappa shape index (κ1) is 8.96. The molecule has 0 saturated carbocycles. The van der Waals surface area contributed by atoms with Gasteiger partial charge in [0.15, 0.2) is 0 Å². The predicted molar refractivity (Wildman–Crippen MR) is 53.7 cm³/mol. The third-order valence-corrected chi connectivity index (χ3v) is 1.91. The first-order valence-electron chi connectivity index (χ1n) is 3.95. The molecule has 2 rings (SSSR count). The lowest BCUT2D eigenvalue weighted by atomic mass is 10.3. The molecule has 0 aromatic carbocycles. The third-order valence-electron chi connectivity index (χ3n) is 1.70. The van der Waals surface area contributed by atoms with Crippen LogP contribution in [0, 0.1) is 0 Å². The van der Waals surface area contributed by atoms with Crippen molar-refractivity contribution in [3.63, 3.8) is 0 Å². The molecule has 0 unspecified atom stereocenters. The van der Waals surface area contributed by atoms with E-state index in [4.69, 9.17) is 17.3 Å². The van der Waals surface area contributed by atoms with E-state index in [1.165, 1.54) is 0 Å². The Balaban J connectivity index is 2.55. The Morgan fingerprint density at radius 1 is 1.43 bits per heavy atom. The molecule has 0 aliphatic rings. The zero-order valence-corrected chi connectivity index (χ0v) is 8.23. The Hall–Kier alpha value is -1.62. The third kappa shape index (κ3) is 1.54. The highest BCUT2D eigenvalue weighted by Gasteiger charge is 2.09. The van der Waals surface area contributed by atoms with Crippen molar-refractivity contribution in [1.82, 2.24) is 19.7 Å². The molecule has 0 aliphatic heterocycles. The molecule has 0 amide bonds. The second kappa shape index (κ2) is 3.26. The van der Waals surface area contributed by atoms with Crippen LogP contribution in [0.5, 0.6) is 0 Å². The second-order valence-corrected chi connectivity index (χ2v) is 3.20. The normalized spacial score (nSPS) is 10.4. The van der Waals surface area contributed by atoms with Gasteiger partial charge in [-0.1, -0.05) is 11.6 Å². The maximum Gasteiger partial charge on any atom is 0.201 e. The van der Waals surface area contributed by atoms with Crippen LogP contribution in [0.15, 0.2) is 18.5 Å². The number of hydrogen-bond donors (Lipinski definition) is 1. The highest BCUT2D eigenvalue weighted by molar-refractivity contribution is 6.29. The molecule has 6 heteroatoms. The molecule has 5 nitrogen and oxygen atoms in total. The summed E-state index contributed by atoms with van der Waals surface area (Å²) >= 11 is 5.74. The van der Waals surface area contributed by atoms with Gasteiger partial charge in [-0.05, 0) is 12.1 Å². The molecule has 0 bridgehead atoms. The topological polar surface area (TPSA) is 69.6 Å². The zero-order chi connectivity index (χ0) is 10.1. The molecular weight excluding hydrogens is 202 g/mol. The van der Waals surface area contributed by atoms with Gasteiger partial charge in [-0.15, -0.1) is 5.10 Å². The molecule has 2 N–H and O–H groups in total. The number of nitrogens with zero attached hydrogens (tertiary/aromatic N) is 4. The summed E-state index contributed by atoms with van der Waals surface area (Å²) in [6.45, 7) is 0. The average molecular weight is 210 g/mol. The van der Waals surface area contributed by atoms with E-state index in [9.17, 15) is 0 Å². The van der Waals surface area contributed by atoms with Crippen LogP contribution in [-0.4, -0.2) is 19.7 Å². The van der Waals surface area contributed by atoms with Crippen LogP contribution < -0.4 is 5.73 Å². The van der Waals surface area contributed by atoms with E-state index in [1.54, 1.807) is 30.2 Å². The van der Waals surface area contributed by atoms with Crippen LogP contribution in [0.3, 0.4) is 0 Å². The van der Waals surface area contributed by atoms with Crippen molar-refractivity contribution in [2.45, 2.75) is 0 Å². The van der Waals surface area contributed by atoms with Crippen molar-refractivity contribution in [3.05, 3.63) is 23.6 Å². The summed E-state index contributed by atoms with van der Waals surface area (Å²) in [5.41, 5.74) is 6.75. The molecule has 2 aromatic rings. The van der Waals surface area contributed by atoms with Crippen molar-refractivity contribution in [2.24, 2.45) is 7.05 Å². The summed E-state index contributed by atoms with van der Waals surface area (Å²) < 4.78 is 1.58. The first-order chi connectivity index (χ1) is 6.66. The number of nitrogens with two attached hydrogens (primary N) is 1. The molecule has 2 aromatic heterocycles. The summed E-state index contributed by atoms with van der Waals surface area (Å²) in [7, 11) is 1.78. The van der Waals surface area contributed by atoms with Crippen molar-refractivity contribution in [3.8, 4) is 11.5 Å². The molecule has 0 fully saturated rings. The number of aryl methyl sites for hydroxylation is 1. The van der Waals surface area contributed by atoms with E-state index in [0.717, 1.165) is 0 Å². The molecule has 0 saturated heterocycles. The number of halogens is 1. The van der Waals surface area contributed by atoms with Crippen molar-refractivity contribution < 1.29 is 0 Å². The van der Waals surface area contributed by atoms with Crippen molar-refractivity contribution in [1.29, 1.82) is 0 Å².